The molecule has 5 heteroatoms. The first-order valence-corrected chi connectivity index (χ1v) is 4.43. The summed E-state index contributed by atoms with van der Waals surface area (Å²) in [7, 11) is 0. The smallest absolute Gasteiger partial charge is 0.325 e. The Balaban J connectivity index is 4.91. The molecule has 0 aliphatic carbocycles. The van der Waals surface area contributed by atoms with Gasteiger partial charge in [-0.2, -0.15) is 0 Å². The number of alkyl halides is 1. The van der Waals surface area contributed by atoms with E-state index < -0.39 is 22.7 Å². The molecule has 0 aromatic carbocycles. The van der Waals surface area contributed by atoms with Crippen LogP contribution >= 0.6 is 11.6 Å². The van der Waals surface area contributed by atoms with Gasteiger partial charge in [0.15, 0.2) is 4.87 Å². The van der Waals surface area contributed by atoms with Gasteiger partial charge in [0, 0.05) is 0 Å². The predicted octanol–water partition coefficient (Wildman–Crippen LogP) is 1.57. The monoisotopic (exact) mass is 208 g/mol. The first-order chi connectivity index (χ1) is 5.90. The lowest BCUT2D eigenvalue weighted by molar-refractivity contribution is -0.152. The Morgan fingerprint density at radius 3 is 1.92 bits per heavy atom. The Hall–Kier alpha value is -0.770. The van der Waals surface area contributed by atoms with Crippen LogP contribution in [0.25, 0.3) is 0 Å². The summed E-state index contributed by atoms with van der Waals surface area (Å²) in [5.74, 6) is -3.48. The number of hydrogen-bond donors (Lipinski definition) is 2. The fraction of sp³-hybridized carbons (Fsp3) is 0.750. The SMILES string of the molecule is CCC(C(=O)O)C(Cl)(CC)C(=O)O. The topological polar surface area (TPSA) is 74.6 Å². The van der Waals surface area contributed by atoms with Crippen LogP contribution < -0.4 is 0 Å². The van der Waals surface area contributed by atoms with E-state index in [0.717, 1.165) is 0 Å². The maximum absolute atomic E-state index is 10.8. The lowest BCUT2D eigenvalue weighted by atomic mass is 9.87. The molecule has 0 saturated heterocycles. The number of carboxylic acids is 2. The first kappa shape index (κ1) is 12.2. The van der Waals surface area contributed by atoms with Crippen LogP contribution in [0.2, 0.25) is 0 Å². The Kier molecular flexibility index (Phi) is 4.20. The molecule has 0 bridgehead atoms. The van der Waals surface area contributed by atoms with E-state index in [0.29, 0.717) is 0 Å². The van der Waals surface area contributed by atoms with Gasteiger partial charge in [0.1, 0.15) is 0 Å². The van der Waals surface area contributed by atoms with Gasteiger partial charge in [-0.3, -0.25) is 9.59 Å². The number of carboxylic acid groups (broad SMARTS) is 2. The second-order valence-corrected chi connectivity index (χ2v) is 3.49. The van der Waals surface area contributed by atoms with E-state index >= 15 is 0 Å². The number of rotatable bonds is 5. The predicted molar refractivity (Wildman–Crippen MR) is 47.9 cm³/mol. The van der Waals surface area contributed by atoms with E-state index in [1.807, 2.05) is 0 Å². The van der Waals surface area contributed by atoms with Crippen LogP contribution in [0.5, 0.6) is 0 Å². The second-order valence-electron chi connectivity index (χ2n) is 2.82. The van der Waals surface area contributed by atoms with Gasteiger partial charge < -0.3 is 10.2 Å². The average Bonchev–Trinajstić information content (AvgIpc) is 2.04. The molecular weight excluding hydrogens is 196 g/mol. The van der Waals surface area contributed by atoms with E-state index in [2.05, 4.69) is 0 Å². The van der Waals surface area contributed by atoms with E-state index in [1.165, 1.54) is 0 Å². The zero-order valence-corrected chi connectivity index (χ0v) is 8.34. The number of aliphatic carboxylic acids is 2. The summed E-state index contributed by atoms with van der Waals surface area (Å²) in [6.07, 6.45) is 0.299. The van der Waals surface area contributed by atoms with Crippen molar-refractivity contribution in [2.24, 2.45) is 5.92 Å². The van der Waals surface area contributed by atoms with Crippen LogP contribution in [0.1, 0.15) is 26.7 Å². The molecule has 0 saturated carbocycles. The third-order valence-corrected chi connectivity index (χ3v) is 2.82. The van der Waals surface area contributed by atoms with Crippen LogP contribution in [0, 0.1) is 5.92 Å². The van der Waals surface area contributed by atoms with Gasteiger partial charge in [-0.05, 0) is 12.8 Å². The van der Waals surface area contributed by atoms with Crippen LogP contribution in [0.3, 0.4) is 0 Å². The molecule has 76 valence electrons. The Bertz CT molecular complexity index is 216. The molecule has 0 radical (unpaired) electrons. The summed E-state index contributed by atoms with van der Waals surface area (Å²) >= 11 is 5.74. The molecule has 2 N–H and O–H groups in total. The van der Waals surface area contributed by atoms with Crippen molar-refractivity contribution >= 4 is 23.5 Å². The van der Waals surface area contributed by atoms with Gasteiger partial charge in [-0.25, -0.2) is 0 Å². The lowest BCUT2D eigenvalue weighted by Crippen LogP contribution is -2.43. The van der Waals surface area contributed by atoms with Gasteiger partial charge in [-0.15, -0.1) is 11.6 Å². The highest BCUT2D eigenvalue weighted by Crippen LogP contribution is 2.32. The number of hydrogen-bond acceptors (Lipinski definition) is 2. The highest BCUT2D eigenvalue weighted by atomic mass is 35.5. The van der Waals surface area contributed by atoms with E-state index in [1.54, 1.807) is 13.8 Å². The molecule has 0 aromatic rings. The van der Waals surface area contributed by atoms with E-state index in [4.69, 9.17) is 21.8 Å². The minimum Gasteiger partial charge on any atom is -0.481 e. The molecule has 0 aromatic heterocycles. The summed E-state index contributed by atoms with van der Waals surface area (Å²) in [4.78, 5) is 19.8. The van der Waals surface area contributed by atoms with Crippen molar-refractivity contribution in [1.82, 2.24) is 0 Å². The first-order valence-electron chi connectivity index (χ1n) is 4.05. The van der Waals surface area contributed by atoms with Crippen LogP contribution in [0.15, 0.2) is 0 Å². The van der Waals surface area contributed by atoms with Crippen LogP contribution in [-0.4, -0.2) is 27.0 Å². The van der Waals surface area contributed by atoms with Gasteiger partial charge in [0.25, 0.3) is 0 Å². The third-order valence-electron chi connectivity index (χ3n) is 2.13. The molecule has 13 heavy (non-hydrogen) atoms. The standard InChI is InChI=1S/C8H13ClO4/c1-3-5(6(10)11)8(9,4-2)7(12)13/h5H,3-4H2,1-2H3,(H,10,11)(H,12,13). The van der Waals surface area contributed by atoms with Crippen LogP contribution in [-0.2, 0) is 9.59 Å². The largest absolute Gasteiger partial charge is 0.481 e. The fourth-order valence-electron chi connectivity index (χ4n) is 1.24. The maximum Gasteiger partial charge on any atom is 0.325 e. The van der Waals surface area contributed by atoms with Crippen molar-refractivity contribution in [1.29, 1.82) is 0 Å². The molecule has 0 amide bonds. The average molecular weight is 209 g/mol. The highest BCUT2D eigenvalue weighted by Gasteiger charge is 2.45. The Morgan fingerprint density at radius 1 is 1.38 bits per heavy atom. The number of halogens is 1. The highest BCUT2D eigenvalue weighted by molar-refractivity contribution is 6.35. The molecule has 2 unspecified atom stereocenters. The quantitative estimate of drug-likeness (QED) is 0.673. The van der Waals surface area contributed by atoms with Crippen molar-refractivity contribution in [2.75, 3.05) is 0 Å². The van der Waals surface area contributed by atoms with Crippen LogP contribution in [0.4, 0.5) is 0 Å². The van der Waals surface area contributed by atoms with Gasteiger partial charge in [0.05, 0.1) is 5.92 Å². The molecular formula is C8H13ClO4. The van der Waals surface area contributed by atoms with Gasteiger partial charge >= 0.3 is 11.9 Å². The van der Waals surface area contributed by atoms with E-state index in [9.17, 15) is 9.59 Å². The molecule has 4 nitrogen and oxygen atoms in total. The molecule has 0 aliphatic rings. The van der Waals surface area contributed by atoms with Crippen molar-refractivity contribution in [3.8, 4) is 0 Å². The summed E-state index contributed by atoms with van der Waals surface area (Å²) in [5, 5.41) is 17.5. The summed E-state index contributed by atoms with van der Waals surface area (Å²) < 4.78 is 0. The summed E-state index contributed by atoms with van der Waals surface area (Å²) in [5.41, 5.74) is 0. The minimum atomic E-state index is -1.68. The van der Waals surface area contributed by atoms with Crippen molar-refractivity contribution in [3.63, 3.8) is 0 Å². The zero-order chi connectivity index (χ0) is 10.6. The molecule has 0 spiro atoms. The Morgan fingerprint density at radius 2 is 1.85 bits per heavy atom. The number of carbonyl (C=O) groups is 2. The van der Waals surface area contributed by atoms with E-state index in [-0.39, 0.29) is 12.8 Å². The normalized spacial score (nSPS) is 17.5. The van der Waals surface area contributed by atoms with Gasteiger partial charge in [-0.1, -0.05) is 13.8 Å². The van der Waals surface area contributed by atoms with Crippen molar-refractivity contribution < 1.29 is 19.8 Å². The zero-order valence-electron chi connectivity index (χ0n) is 7.58. The van der Waals surface area contributed by atoms with Crippen molar-refractivity contribution in [2.45, 2.75) is 31.6 Å². The van der Waals surface area contributed by atoms with Crippen molar-refractivity contribution in [3.05, 3.63) is 0 Å². The second kappa shape index (κ2) is 4.46. The minimum absolute atomic E-state index is 0.0920. The molecule has 0 heterocycles. The molecule has 2 atom stereocenters. The summed E-state index contributed by atoms with van der Waals surface area (Å²) in [6, 6.07) is 0. The summed E-state index contributed by atoms with van der Waals surface area (Å²) in [6.45, 7) is 3.17. The van der Waals surface area contributed by atoms with Gasteiger partial charge in [0.2, 0.25) is 0 Å². The Labute approximate surface area is 81.5 Å². The fourth-order valence-corrected chi connectivity index (χ4v) is 1.49. The lowest BCUT2D eigenvalue weighted by Gasteiger charge is -2.26. The molecule has 0 fully saturated rings. The molecule has 0 aliphatic heterocycles. The molecule has 0 rings (SSSR count). The maximum atomic E-state index is 10.8. The third kappa shape index (κ3) is 2.34.